The number of hydrogen-bond donors (Lipinski definition) is 1. The molecule has 2 rings (SSSR count). The number of halogens is 1. The van der Waals surface area contributed by atoms with Crippen molar-refractivity contribution < 1.29 is 14.3 Å². The van der Waals surface area contributed by atoms with E-state index in [1.807, 2.05) is 24.3 Å². The molecule has 0 spiro atoms. The van der Waals surface area contributed by atoms with Gasteiger partial charge in [-0.05, 0) is 42.2 Å². The van der Waals surface area contributed by atoms with E-state index in [4.69, 9.17) is 4.74 Å². The maximum Gasteiger partial charge on any atom is 0.262 e. The van der Waals surface area contributed by atoms with Gasteiger partial charge in [-0.2, -0.15) is 0 Å². The molecule has 5 heteroatoms. The van der Waals surface area contributed by atoms with Gasteiger partial charge in [0.05, 0.1) is 5.56 Å². The molecule has 2 aromatic carbocycles. The average molecular weight is 390 g/mol. The monoisotopic (exact) mass is 389 g/mol. The summed E-state index contributed by atoms with van der Waals surface area (Å²) >= 11 is 3.30. The lowest BCUT2D eigenvalue weighted by atomic mass is 9.97. The zero-order valence-corrected chi connectivity index (χ0v) is 15.3. The van der Waals surface area contributed by atoms with E-state index in [1.165, 1.54) is 0 Å². The largest absolute Gasteiger partial charge is 0.483 e. The van der Waals surface area contributed by atoms with Gasteiger partial charge >= 0.3 is 0 Å². The zero-order chi connectivity index (χ0) is 17.5. The lowest BCUT2D eigenvalue weighted by Gasteiger charge is -2.16. The molecule has 0 aliphatic heterocycles. The lowest BCUT2D eigenvalue weighted by molar-refractivity contribution is -0.118. The molecule has 0 fully saturated rings. The minimum atomic E-state index is -0.259. The fourth-order valence-corrected chi connectivity index (χ4v) is 2.71. The van der Waals surface area contributed by atoms with Crippen LogP contribution in [0, 0.1) is 0 Å². The fraction of sp³-hybridized carbons (Fsp3) is 0.263. The normalized spacial score (nSPS) is 11.6. The van der Waals surface area contributed by atoms with Crippen LogP contribution in [0.25, 0.3) is 0 Å². The number of hydrogen-bond acceptors (Lipinski definition) is 3. The molecule has 2 aromatic rings. The predicted molar refractivity (Wildman–Crippen MR) is 98.8 cm³/mol. The number of anilines is 1. The van der Waals surface area contributed by atoms with Gasteiger partial charge < -0.3 is 10.1 Å². The minimum Gasteiger partial charge on any atom is -0.483 e. The number of carbonyl (C=O) groups excluding carboxylic acids is 2. The summed E-state index contributed by atoms with van der Waals surface area (Å²) in [4.78, 5) is 23.2. The Morgan fingerprint density at radius 2 is 2.04 bits per heavy atom. The molecule has 0 aromatic heterocycles. The summed E-state index contributed by atoms with van der Waals surface area (Å²) in [7, 11) is 0. The number of benzene rings is 2. The summed E-state index contributed by atoms with van der Waals surface area (Å²) in [5.74, 6) is 0.486. The van der Waals surface area contributed by atoms with Gasteiger partial charge in [0.25, 0.3) is 5.91 Å². The van der Waals surface area contributed by atoms with Crippen LogP contribution >= 0.6 is 15.9 Å². The molecule has 1 N–H and O–H groups in total. The zero-order valence-electron chi connectivity index (χ0n) is 13.7. The van der Waals surface area contributed by atoms with E-state index in [1.54, 1.807) is 18.2 Å². The van der Waals surface area contributed by atoms with Gasteiger partial charge in [0, 0.05) is 10.2 Å². The SMILES string of the molecule is CC[C@H](C)c1ccccc1NC(=O)COc1ccc(Br)cc1C=O. The molecule has 0 aliphatic rings. The highest BCUT2D eigenvalue weighted by Gasteiger charge is 2.12. The maximum absolute atomic E-state index is 12.2. The number of nitrogens with one attached hydrogen (secondary N) is 1. The van der Waals surface area contributed by atoms with E-state index in [0.717, 1.165) is 22.1 Å². The first kappa shape index (κ1) is 18.2. The number of amides is 1. The van der Waals surface area contributed by atoms with E-state index in [9.17, 15) is 9.59 Å². The van der Waals surface area contributed by atoms with Crippen molar-refractivity contribution in [3.05, 3.63) is 58.1 Å². The van der Waals surface area contributed by atoms with Gasteiger partial charge in [-0.1, -0.05) is 48.0 Å². The Morgan fingerprint density at radius 3 is 2.75 bits per heavy atom. The molecular weight excluding hydrogens is 370 g/mol. The van der Waals surface area contributed by atoms with Crippen molar-refractivity contribution in [3.63, 3.8) is 0 Å². The highest BCUT2D eigenvalue weighted by Crippen LogP contribution is 2.26. The van der Waals surface area contributed by atoms with Crippen LogP contribution < -0.4 is 10.1 Å². The molecule has 0 radical (unpaired) electrons. The second-order valence-electron chi connectivity index (χ2n) is 5.53. The highest BCUT2D eigenvalue weighted by molar-refractivity contribution is 9.10. The summed E-state index contributed by atoms with van der Waals surface area (Å²) in [5.41, 5.74) is 2.30. The minimum absolute atomic E-state index is 0.155. The van der Waals surface area contributed by atoms with Crippen molar-refractivity contribution >= 4 is 33.8 Å². The van der Waals surface area contributed by atoms with Crippen molar-refractivity contribution in [2.75, 3.05) is 11.9 Å². The van der Waals surface area contributed by atoms with Crippen molar-refractivity contribution in [2.45, 2.75) is 26.2 Å². The molecule has 24 heavy (non-hydrogen) atoms. The quantitative estimate of drug-likeness (QED) is 0.692. The number of aldehydes is 1. The van der Waals surface area contributed by atoms with Crippen LogP contribution in [0.5, 0.6) is 5.75 Å². The van der Waals surface area contributed by atoms with Crippen molar-refractivity contribution in [2.24, 2.45) is 0 Å². The van der Waals surface area contributed by atoms with E-state index in [2.05, 4.69) is 35.1 Å². The Kier molecular flexibility index (Phi) is 6.55. The first-order chi connectivity index (χ1) is 11.5. The molecule has 0 saturated carbocycles. The highest BCUT2D eigenvalue weighted by atomic mass is 79.9. The Hall–Kier alpha value is -2.14. The van der Waals surface area contributed by atoms with E-state index in [-0.39, 0.29) is 12.5 Å². The van der Waals surface area contributed by atoms with Crippen LogP contribution in [0.3, 0.4) is 0 Å². The molecule has 4 nitrogen and oxygen atoms in total. The van der Waals surface area contributed by atoms with Gasteiger partial charge in [-0.3, -0.25) is 9.59 Å². The van der Waals surface area contributed by atoms with E-state index < -0.39 is 0 Å². The molecule has 1 amide bonds. The second-order valence-corrected chi connectivity index (χ2v) is 6.45. The summed E-state index contributed by atoms with van der Waals surface area (Å²) in [5, 5.41) is 2.88. The number of carbonyl (C=O) groups is 2. The molecule has 0 heterocycles. The molecule has 0 aliphatic carbocycles. The van der Waals surface area contributed by atoms with Crippen LogP contribution in [0.15, 0.2) is 46.9 Å². The van der Waals surface area contributed by atoms with Crippen LogP contribution in [0.2, 0.25) is 0 Å². The predicted octanol–water partition coefficient (Wildman–Crippen LogP) is 4.79. The molecule has 0 bridgehead atoms. The third-order valence-electron chi connectivity index (χ3n) is 3.84. The Labute approximate surface area is 150 Å². The summed E-state index contributed by atoms with van der Waals surface area (Å²) < 4.78 is 6.26. The van der Waals surface area contributed by atoms with Gasteiger partial charge in [-0.25, -0.2) is 0 Å². The number of rotatable bonds is 7. The van der Waals surface area contributed by atoms with Crippen molar-refractivity contribution in [1.29, 1.82) is 0 Å². The van der Waals surface area contributed by atoms with Gasteiger partial charge in [0.1, 0.15) is 5.75 Å². The number of para-hydroxylation sites is 1. The Bertz CT molecular complexity index is 730. The number of ether oxygens (including phenoxy) is 1. The van der Waals surface area contributed by atoms with Crippen LogP contribution in [0.1, 0.15) is 42.1 Å². The first-order valence-corrected chi connectivity index (χ1v) is 8.60. The standard InChI is InChI=1S/C19H20BrNO3/c1-3-13(2)16-6-4-5-7-17(16)21-19(23)12-24-18-9-8-15(20)10-14(18)11-22/h4-11,13H,3,12H2,1-2H3,(H,21,23)/t13-/m0/s1. The van der Waals surface area contributed by atoms with Gasteiger partial charge in [0.15, 0.2) is 12.9 Å². The molecule has 126 valence electrons. The molecule has 1 atom stereocenters. The summed E-state index contributed by atoms with van der Waals surface area (Å²) in [6.45, 7) is 4.08. The fourth-order valence-electron chi connectivity index (χ4n) is 2.33. The smallest absolute Gasteiger partial charge is 0.262 e. The topological polar surface area (TPSA) is 55.4 Å². The first-order valence-electron chi connectivity index (χ1n) is 7.81. The lowest BCUT2D eigenvalue weighted by Crippen LogP contribution is -2.21. The van der Waals surface area contributed by atoms with Crippen molar-refractivity contribution in [1.82, 2.24) is 0 Å². The van der Waals surface area contributed by atoms with Crippen LogP contribution in [-0.2, 0) is 4.79 Å². The third kappa shape index (κ3) is 4.68. The Balaban J connectivity index is 2.03. The van der Waals surface area contributed by atoms with E-state index >= 15 is 0 Å². The van der Waals surface area contributed by atoms with E-state index in [0.29, 0.717) is 23.5 Å². The molecular formula is C19H20BrNO3. The summed E-state index contributed by atoms with van der Waals surface area (Å²) in [6, 6.07) is 12.8. The van der Waals surface area contributed by atoms with Gasteiger partial charge in [0.2, 0.25) is 0 Å². The summed E-state index contributed by atoms with van der Waals surface area (Å²) in [6.07, 6.45) is 1.70. The van der Waals surface area contributed by atoms with Gasteiger partial charge in [-0.15, -0.1) is 0 Å². The molecule has 0 unspecified atom stereocenters. The second kappa shape index (κ2) is 8.64. The average Bonchev–Trinajstić information content (AvgIpc) is 2.60. The Morgan fingerprint density at radius 1 is 1.29 bits per heavy atom. The molecule has 0 saturated heterocycles. The van der Waals surface area contributed by atoms with Crippen molar-refractivity contribution in [3.8, 4) is 5.75 Å². The maximum atomic E-state index is 12.2. The third-order valence-corrected chi connectivity index (χ3v) is 4.33. The van der Waals surface area contributed by atoms with Crippen LogP contribution in [-0.4, -0.2) is 18.8 Å². The van der Waals surface area contributed by atoms with Crippen LogP contribution in [0.4, 0.5) is 5.69 Å².